The third-order valence-corrected chi connectivity index (χ3v) is 6.15. The van der Waals surface area contributed by atoms with Crippen molar-refractivity contribution < 1.29 is 34.7 Å². The molecule has 178 valence electrons. The van der Waals surface area contributed by atoms with E-state index in [4.69, 9.17) is 20.3 Å². The van der Waals surface area contributed by atoms with Gasteiger partial charge < -0.3 is 45.5 Å². The highest BCUT2D eigenvalue weighted by atomic mass is 16.7. The van der Waals surface area contributed by atoms with Gasteiger partial charge in [0.05, 0.1) is 19.0 Å². The topological polar surface area (TPSA) is 198 Å². The zero-order chi connectivity index (χ0) is 23.3. The zero-order valence-electron chi connectivity index (χ0n) is 17.6. The number of fused-ring (bicyclic) bond motifs is 1. The van der Waals surface area contributed by atoms with Gasteiger partial charge in [0.1, 0.15) is 18.3 Å². The van der Waals surface area contributed by atoms with E-state index in [0.717, 1.165) is 12.8 Å². The molecule has 5 rings (SSSR count). The number of nitrogen functional groups attached to an aromatic ring is 1. The van der Waals surface area contributed by atoms with Crippen molar-refractivity contribution in [3.8, 4) is 0 Å². The Labute approximate surface area is 187 Å². The minimum Gasteiger partial charge on any atom is -0.479 e. The lowest BCUT2D eigenvalue weighted by Gasteiger charge is -2.38. The van der Waals surface area contributed by atoms with Crippen molar-refractivity contribution in [3.63, 3.8) is 0 Å². The summed E-state index contributed by atoms with van der Waals surface area (Å²) in [6.07, 6.45) is 0.327. The second-order valence-corrected chi connectivity index (χ2v) is 8.69. The second kappa shape index (κ2) is 8.50. The molecule has 13 heteroatoms. The number of ether oxygens (including phenoxy) is 2. The molecule has 7 atom stereocenters. The van der Waals surface area contributed by atoms with E-state index in [1.54, 1.807) is 6.33 Å². The summed E-state index contributed by atoms with van der Waals surface area (Å²) < 4.78 is 12.7. The Balaban J connectivity index is 1.24. The molecule has 13 nitrogen and oxygen atoms in total. The van der Waals surface area contributed by atoms with Crippen LogP contribution < -0.4 is 11.1 Å². The Bertz CT molecular complexity index is 1070. The predicted molar refractivity (Wildman–Crippen MR) is 113 cm³/mol. The van der Waals surface area contributed by atoms with Crippen LogP contribution in [0.4, 0.5) is 11.8 Å². The summed E-state index contributed by atoms with van der Waals surface area (Å²) in [4.78, 5) is 24.4. The second-order valence-electron chi connectivity index (χ2n) is 8.69. The molecule has 2 aliphatic carbocycles. The van der Waals surface area contributed by atoms with Crippen LogP contribution in [0.3, 0.4) is 0 Å². The number of aliphatic carboxylic acids is 1. The van der Waals surface area contributed by atoms with Gasteiger partial charge in [-0.25, -0.2) is 9.78 Å². The number of carboxylic acid groups (broad SMARTS) is 1. The lowest BCUT2D eigenvalue weighted by molar-refractivity contribution is -0.295. The Hall–Kier alpha value is -2.84. The number of aliphatic hydroxyl groups excluding tert-OH is 3. The first-order valence-electron chi connectivity index (χ1n) is 10.8. The van der Waals surface area contributed by atoms with Gasteiger partial charge in [-0.2, -0.15) is 9.97 Å². The fourth-order valence-electron chi connectivity index (χ4n) is 4.19. The molecule has 1 saturated heterocycles. The van der Waals surface area contributed by atoms with Gasteiger partial charge in [-0.15, -0.1) is 0 Å². The van der Waals surface area contributed by atoms with Crippen molar-refractivity contribution in [3.05, 3.63) is 18.5 Å². The Morgan fingerprint density at radius 3 is 2.73 bits per heavy atom. The first kappa shape index (κ1) is 22.0. The number of nitrogens with one attached hydrogen (secondary N) is 1. The van der Waals surface area contributed by atoms with Crippen LogP contribution in [-0.2, 0) is 14.3 Å². The molecular weight excluding hydrogens is 436 g/mol. The molecule has 0 spiro atoms. The van der Waals surface area contributed by atoms with Crippen LogP contribution in [-0.4, -0.2) is 89.3 Å². The summed E-state index contributed by atoms with van der Waals surface area (Å²) in [6, 6.07) is 0.321. The molecule has 3 heterocycles. The number of carboxylic acids is 1. The third-order valence-electron chi connectivity index (χ3n) is 6.15. The van der Waals surface area contributed by atoms with E-state index in [2.05, 4.69) is 20.3 Å². The van der Waals surface area contributed by atoms with E-state index < -0.39 is 36.7 Å². The summed E-state index contributed by atoms with van der Waals surface area (Å²) >= 11 is 0. The maximum Gasteiger partial charge on any atom is 0.335 e. The van der Waals surface area contributed by atoms with Gasteiger partial charge in [-0.1, -0.05) is 12.2 Å². The van der Waals surface area contributed by atoms with Crippen LogP contribution in [0.25, 0.3) is 11.2 Å². The number of anilines is 2. The van der Waals surface area contributed by atoms with Crippen molar-refractivity contribution in [2.75, 3.05) is 17.7 Å². The van der Waals surface area contributed by atoms with Gasteiger partial charge in [0.15, 0.2) is 29.4 Å². The molecule has 7 N–H and O–H groups in total. The maximum atomic E-state index is 11.2. The minimum atomic E-state index is -1.75. The van der Waals surface area contributed by atoms with Gasteiger partial charge in [0, 0.05) is 12.0 Å². The van der Waals surface area contributed by atoms with Crippen molar-refractivity contribution in [2.24, 2.45) is 5.92 Å². The van der Waals surface area contributed by atoms with Crippen molar-refractivity contribution in [2.45, 2.75) is 62.1 Å². The number of carbonyl (C=O) groups is 1. The Morgan fingerprint density at radius 1 is 1.21 bits per heavy atom. The van der Waals surface area contributed by atoms with Crippen molar-refractivity contribution in [1.82, 2.24) is 19.5 Å². The molecule has 0 radical (unpaired) electrons. The number of hydrogen-bond acceptors (Lipinski definition) is 11. The smallest absolute Gasteiger partial charge is 0.335 e. The van der Waals surface area contributed by atoms with E-state index in [9.17, 15) is 20.1 Å². The minimum absolute atomic E-state index is 0.0666. The molecule has 2 aromatic heterocycles. The van der Waals surface area contributed by atoms with Gasteiger partial charge in [-0.05, 0) is 19.3 Å². The van der Waals surface area contributed by atoms with Gasteiger partial charge in [0.2, 0.25) is 5.95 Å². The quantitative estimate of drug-likeness (QED) is 0.275. The lowest BCUT2D eigenvalue weighted by Crippen LogP contribution is -2.60. The van der Waals surface area contributed by atoms with Crippen LogP contribution in [0.5, 0.6) is 0 Å². The number of nitrogens with zero attached hydrogens (tertiary/aromatic N) is 4. The number of nitrogens with two attached hydrogens (primary N) is 1. The lowest BCUT2D eigenvalue weighted by atomic mass is 9.99. The fourth-order valence-corrected chi connectivity index (χ4v) is 4.19. The van der Waals surface area contributed by atoms with Crippen LogP contribution in [0.2, 0.25) is 0 Å². The molecule has 1 saturated carbocycles. The van der Waals surface area contributed by atoms with Crippen molar-refractivity contribution in [1.29, 1.82) is 0 Å². The molecule has 0 amide bonds. The number of imidazole rings is 1. The maximum absolute atomic E-state index is 11.2. The summed E-state index contributed by atoms with van der Waals surface area (Å²) in [7, 11) is 0. The zero-order valence-corrected chi connectivity index (χ0v) is 17.6. The highest BCUT2D eigenvalue weighted by Crippen LogP contribution is 2.34. The van der Waals surface area contributed by atoms with E-state index >= 15 is 0 Å². The number of allylic oxidation sites excluding steroid dienone is 1. The van der Waals surface area contributed by atoms with E-state index in [1.165, 1.54) is 0 Å². The van der Waals surface area contributed by atoms with E-state index in [0.29, 0.717) is 29.4 Å². The predicted octanol–water partition coefficient (Wildman–Crippen LogP) is -0.991. The fraction of sp³-hybridized carbons (Fsp3) is 0.600. The highest BCUT2D eigenvalue weighted by molar-refractivity contribution is 5.84. The molecular formula is C20H26N6O7. The molecule has 2 fully saturated rings. The molecule has 33 heavy (non-hydrogen) atoms. The SMILES string of the molecule is Nc1nc(NC2CC2)c2ncn(C3C=CC(COC4OC(C(=O)O)C(O)C(O)C4O)C3)c2n1. The normalized spacial score (nSPS) is 34.1. The first-order valence-corrected chi connectivity index (χ1v) is 10.8. The standard InChI is InChI=1S/C20H26N6O7/c21-20-24-16(23-9-2-3-9)11-17(25-20)26(7-22-11)10-4-1-8(5-10)6-32-19-14(29)12(27)13(28)15(33-19)18(30)31/h1,4,7-10,12-15,19,27-29H,2-3,5-6H2,(H,30,31)(H3,21,23,24,25). The van der Waals surface area contributed by atoms with Gasteiger partial charge >= 0.3 is 5.97 Å². The van der Waals surface area contributed by atoms with Crippen molar-refractivity contribution >= 4 is 28.9 Å². The number of aliphatic hydroxyl groups is 3. The van der Waals surface area contributed by atoms with Crippen LogP contribution in [0.15, 0.2) is 18.5 Å². The molecule has 3 aliphatic rings. The molecule has 0 bridgehead atoms. The summed E-state index contributed by atoms with van der Waals surface area (Å²) in [5.41, 5.74) is 7.18. The van der Waals surface area contributed by atoms with E-state index in [1.807, 2.05) is 16.7 Å². The van der Waals surface area contributed by atoms with E-state index in [-0.39, 0.29) is 24.5 Å². The summed E-state index contributed by atoms with van der Waals surface area (Å²) in [5, 5.41) is 42.3. The van der Waals surface area contributed by atoms with Crippen LogP contribution in [0.1, 0.15) is 25.3 Å². The number of rotatable bonds is 7. The average molecular weight is 462 g/mol. The third kappa shape index (κ3) is 4.25. The average Bonchev–Trinajstić information content (AvgIpc) is 3.29. The largest absolute Gasteiger partial charge is 0.479 e. The first-order chi connectivity index (χ1) is 15.8. The molecule has 2 aromatic rings. The van der Waals surface area contributed by atoms with Crippen LogP contribution >= 0.6 is 0 Å². The number of hydrogen-bond donors (Lipinski definition) is 6. The summed E-state index contributed by atoms with van der Waals surface area (Å²) in [5.74, 6) is -0.741. The Kier molecular flexibility index (Phi) is 5.66. The van der Waals surface area contributed by atoms with Gasteiger partial charge in [0.25, 0.3) is 0 Å². The Morgan fingerprint density at radius 2 is 2.00 bits per heavy atom. The molecule has 7 unspecified atom stereocenters. The van der Waals surface area contributed by atoms with Crippen LogP contribution in [0, 0.1) is 5.92 Å². The summed E-state index contributed by atoms with van der Waals surface area (Å²) in [6.45, 7) is 0.113. The molecule has 0 aromatic carbocycles. The highest BCUT2D eigenvalue weighted by Gasteiger charge is 2.47. The molecule has 1 aliphatic heterocycles. The van der Waals surface area contributed by atoms with Gasteiger partial charge in [-0.3, -0.25) is 0 Å². The monoisotopic (exact) mass is 462 g/mol. The number of aromatic nitrogens is 4.